The first-order chi connectivity index (χ1) is 6.86. The topological polar surface area (TPSA) is 37.5 Å². The summed E-state index contributed by atoms with van der Waals surface area (Å²) in [6, 6.07) is 9.30. The first-order valence-electron chi connectivity index (χ1n) is 4.40. The lowest BCUT2D eigenvalue weighted by Crippen LogP contribution is -1.86. The third-order valence-electron chi connectivity index (χ3n) is 2.41. The second-order valence-corrected chi connectivity index (χ2v) is 3.22. The molecule has 3 nitrogen and oxygen atoms in total. The van der Waals surface area contributed by atoms with E-state index in [-0.39, 0.29) is 0 Å². The number of aromatic hydroxyl groups is 1. The monoisotopic (exact) mass is 184 g/mol. The third kappa shape index (κ3) is 0.836. The minimum absolute atomic E-state index is 0.311. The second-order valence-electron chi connectivity index (χ2n) is 3.22. The molecule has 0 unspecified atom stereocenters. The van der Waals surface area contributed by atoms with E-state index in [0.717, 1.165) is 16.3 Å². The Labute approximate surface area is 80.2 Å². The van der Waals surface area contributed by atoms with Gasteiger partial charge in [-0.3, -0.25) is 0 Å². The lowest BCUT2D eigenvalue weighted by molar-refractivity contribution is 0.481. The van der Waals surface area contributed by atoms with Crippen molar-refractivity contribution in [2.45, 2.75) is 0 Å². The van der Waals surface area contributed by atoms with Gasteiger partial charge in [-0.05, 0) is 18.2 Å². The minimum Gasteiger partial charge on any atom is -0.507 e. The molecular weight excluding hydrogens is 176 g/mol. The normalized spacial score (nSPS) is 11.1. The number of rotatable bonds is 0. The molecule has 1 aromatic carbocycles. The molecule has 0 aliphatic carbocycles. The molecule has 1 N–H and O–H groups in total. The smallest absolute Gasteiger partial charge is 0.123 e. The van der Waals surface area contributed by atoms with E-state index in [2.05, 4.69) is 5.10 Å². The van der Waals surface area contributed by atoms with Crippen molar-refractivity contribution in [2.75, 3.05) is 0 Å². The van der Waals surface area contributed by atoms with Crippen molar-refractivity contribution < 1.29 is 5.11 Å². The molecule has 0 atom stereocenters. The summed E-state index contributed by atoms with van der Waals surface area (Å²) in [6.07, 6.45) is 3.59. The predicted octanol–water partition coefficient (Wildman–Crippen LogP) is 2.19. The first kappa shape index (κ1) is 7.38. The van der Waals surface area contributed by atoms with Crippen LogP contribution in [0.4, 0.5) is 0 Å². The van der Waals surface area contributed by atoms with Crippen LogP contribution in [0.25, 0.3) is 16.3 Å². The van der Waals surface area contributed by atoms with Gasteiger partial charge >= 0.3 is 0 Å². The van der Waals surface area contributed by atoms with Gasteiger partial charge in [-0.2, -0.15) is 5.10 Å². The molecule has 3 rings (SSSR count). The summed E-state index contributed by atoms with van der Waals surface area (Å²) in [5.74, 6) is 0.311. The van der Waals surface area contributed by atoms with Crippen LogP contribution < -0.4 is 0 Å². The van der Waals surface area contributed by atoms with E-state index in [0.29, 0.717) is 5.75 Å². The molecule has 2 heterocycles. The average Bonchev–Trinajstić information content (AvgIpc) is 2.66. The molecule has 14 heavy (non-hydrogen) atoms. The lowest BCUT2D eigenvalue weighted by atomic mass is 10.1. The third-order valence-corrected chi connectivity index (χ3v) is 2.41. The Morgan fingerprint density at radius 3 is 2.93 bits per heavy atom. The number of fused-ring (bicyclic) bond motifs is 3. The molecule has 0 saturated carbocycles. The molecule has 0 saturated heterocycles. The van der Waals surface area contributed by atoms with E-state index >= 15 is 0 Å². The molecule has 0 fully saturated rings. The van der Waals surface area contributed by atoms with Crippen LogP contribution in [0.1, 0.15) is 0 Å². The zero-order valence-electron chi connectivity index (χ0n) is 7.38. The van der Waals surface area contributed by atoms with Gasteiger partial charge in [0.25, 0.3) is 0 Å². The molecule has 3 heteroatoms. The highest BCUT2D eigenvalue weighted by Crippen LogP contribution is 2.26. The Balaban J connectivity index is 2.64. The maximum Gasteiger partial charge on any atom is 0.123 e. The fourth-order valence-electron chi connectivity index (χ4n) is 1.74. The molecule has 2 aromatic heterocycles. The van der Waals surface area contributed by atoms with Gasteiger partial charge in [0.1, 0.15) is 5.75 Å². The van der Waals surface area contributed by atoms with Crippen LogP contribution in [0, 0.1) is 0 Å². The van der Waals surface area contributed by atoms with Crippen molar-refractivity contribution in [3.63, 3.8) is 0 Å². The van der Waals surface area contributed by atoms with Crippen LogP contribution in [0.3, 0.4) is 0 Å². The Morgan fingerprint density at radius 2 is 2.00 bits per heavy atom. The molecule has 0 radical (unpaired) electrons. The van der Waals surface area contributed by atoms with E-state index in [9.17, 15) is 5.11 Å². The summed E-state index contributed by atoms with van der Waals surface area (Å²) in [6.45, 7) is 0. The molecule has 0 bridgehead atoms. The lowest BCUT2D eigenvalue weighted by Gasteiger charge is -2.01. The van der Waals surface area contributed by atoms with Crippen LogP contribution in [0.15, 0.2) is 42.7 Å². The zero-order valence-corrected chi connectivity index (χ0v) is 7.38. The van der Waals surface area contributed by atoms with E-state index in [4.69, 9.17) is 0 Å². The van der Waals surface area contributed by atoms with Crippen LogP contribution in [-0.2, 0) is 0 Å². The van der Waals surface area contributed by atoms with Gasteiger partial charge in [-0.25, -0.2) is 4.52 Å². The molecule has 0 spiro atoms. The van der Waals surface area contributed by atoms with Crippen LogP contribution in [-0.4, -0.2) is 14.7 Å². The molecule has 3 aromatic rings. The van der Waals surface area contributed by atoms with E-state index < -0.39 is 0 Å². The standard InChI is InChI=1S/C11H8N2O/c14-11-3-1-2-8-9(11)5-7-13-10(8)4-6-12-13/h1-7,14H. The Hall–Kier alpha value is -2.03. The van der Waals surface area contributed by atoms with Gasteiger partial charge in [0.2, 0.25) is 0 Å². The highest BCUT2D eigenvalue weighted by molar-refractivity contribution is 5.98. The number of hydrogen-bond acceptors (Lipinski definition) is 2. The summed E-state index contributed by atoms with van der Waals surface area (Å²) in [7, 11) is 0. The number of hydrogen-bond donors (Lipinski definition) is 1. The molecular formula is C11H8N2O. The van der Waals surface area contributed by atoms with Gasteiger partial charge in [0, 0.05) is 23.2 Å². The van der Waals surface area contributed by atoms with Crippen molar-refractivity contribution in [3.05, 3.63) is 42.7 Å². The van der Waals surface area contributed by atoms with Gasteiger partial charge in [0.05, 0.1) is 5.52 Å². The van der Waals surface area contributed by atoms with E-state index in [1.165, 1.54) is 0 Å². The predicted molar refractivity (Wildman–Crippen MR) is 54.4 cm³/mol. The van der Waals surface area contributed by atoms with Crippen molar-refractivity contribution in [1.82, 2.24) is 9.61 Å². The SMILES string of the molecule is Oc1cccc2c1ccn1nccc21. The van der Waals surface area contributed by atoms with Crippen LogP contribution in [0.2, 0.25) is 0 Å². The van der Waals surface area contributed by atoms with E-state index in [1.807, 2.05) is 30.5 Å². The number of pyridine rings is 1. The highest BCUT2D eigenvalue weighted by atomic mass is 16.3. The Morgan fingerprint density at radius 1 is 1.07 bits per heavy atom. The zero-order chi connectivity index (χ0) is 9.54. The van der Waals surface area contributed by atoms with Gasteiger partial charge in [-0.15, -0.1) is 0 Å². The summed E-state index contributed by atoms with van der Waals surface area (Å²) in [5, 5.41) is 15.7. The average molecular weight is 184 g/mol. The molecule has 0 aliphatic heterocycles. The van der Waals surface area contributed by atoms with Crippen molar-refractivity contribution in [3.8, 4) is 5.75 Å². The van der Waals surface area contributed by atoms with Crippen LogP contribution in [0.5, 0.6) is 5.75 Å². The maximum absolute atomic E-state index is 9.64. The summed E-state index contributed by atoms with van der Waals surface area (Å²) < 4.78 is 1.79. The maximum atomic E-state index is 9.64. The first-order valence-corrected chi connectivity index (χ1v) is 4.40. The van der Waals surface area contributed by atoms with Crippen molar-refractivity contribution in [2.24, 2.45) is 0 Å². The van der Waals surface area contributed by atoms with Gasteiger partial charge in [-0.1, -0.05) is 12.1 Å². The fraction of sp³-hybridized carbons (Fsp3) is 0. The summed E-state index contributed by atoms with van der Waals surface area (Å²) in [5.41, 5.74) is 1.01. The fourth-order valence-corrected chi connectivity index (χ4v) is 1.74. The Kier molecular flexibility index (Phi) is 1.31. The summed E-state index contributed by atoms with van der Waals surface area (Å²) in [4.78, 5) is 0. The van der Waals surface area contributed by atoms with Gasteiger partial charge in [0.15, 0.2) is 0 Å². The van der Waals surface area contributed by atoms with E-state index in [1.54, 1.807) is 16.8 Å². The van der Waals surface area contributed by atoms with Crippen molar-refractivity contribution >= 4 is 16.3 Å². The van der Waals surface area contributed by atoms with Gasteiger partial charge < -0.3 is 5.11 Å². The van der Waals surface area contributed by atoms with Crippen LogP contribution >= 0.6 is 0 Å². The molecule has 0 amide bonds. The number of benzene rings is 1. The number of phenolic OH excluding ortho intramolecular Hbond substituents is 1. The highest BCUT2D eigenvalue weighted by Gasteiger charge is 2.03. The number of aromatic nitrogens is 2. The Bertz CT molecular complexity index is 613. The molecule has 68 valence electrons. The summed E-state index contributed by atoms with van der Waals surface area (Å²) >= 11 is 0. The largest absolute Gasteiger partial charge is 0.507 e. The number of phenols is 1. The van der Waals surface area contributed by atoms with Crippen molar-refractivity contribution in [1.29, 1.82) is 0 Å². The second kappa shape index (κ2) is 2.48. The quantitative estimate of drug-likeness (QED) is 0.581. The minimum atomic E-state index is 0.311. The number of nitrogens with zero attached hydrogens (tertiary/aromatic N) is 2. The molecule has 0 aliphatic rings.